The van der Waals surface area contributed by atoms with Crippen molar-refractivity contribution in [1.29, 1.82) is 0 Å². The van der Waals surface area contributed by atoms with Crippen LogP contribution in [0.5, 0.6) is 0 Å². The predicted octanol–water partition coefficient (Wildman–Crippen LogP) is 0.366. The highest BCUT2D eigenvalue weighted by molar-refractivity contribution is 8.14. The Balaban J connectivity index is 2.56. The second-order valence-electron chi connectivity index (χ2n) is 3.95. The molecule has 0 aromatic rings. The SMILES string of the molecule is CC(=O)N[C@H](C(=O)NC1=NCCS1)C(C)C. The van der Waals surface area contributed by atoms with Gasteiger partial charge in [0.2, 0.25) is 11.8 Å². The fraction of sp³-hybridized carbons (Fsp3) is 0.700. The molecule has 16 heavy (non-hydrogen) atoms. The minimum atomic E-state index is -0.499. The van der Waals surface area contributed by atoms with Crippen molar-refractivity contribution in [2.24, 2.45) is 10.9 Å². The average molecular weight is 243 g/mol. The van der Waals surface area contributed by atoms with Crippen molar-refractivity contribution >= 4 is 28.7 Å². The second-order valence-corrected chi connectivity index (χ2v) is 5.03. The molecule has 0 unspecified atom stereocenters. The molecule has 0 bridgehead atoms. The molecular weight excluding hydrogens is 226 g/mol. The van der Waals surface area contributed by atoms with Gasteiger partial charge in [0.05, 0.1) is 6.54 Å². The maximum absolute atomic E-state index is 11.9. The van der Waals surface area contributed by atoms with Gasteiger partial charge >= 0.3 is 0 Å². The highest BCUT2D eigenvalue weighted by Crippen LogP contribution is 2.10. The minimum absolute atomic E-state index is 0.0518. The fourth-order valence-corrected chi connectivity index (χ4v) is 2.08. The zero-order valence-corrected chi connectivity index (χ0v) is 10.6. The Morgan fingerprint density at radius 2 is 2.12 bits per heavy atom. The lowest BCUT2D eigenvalue weighted by molar-refractivity contribution is -0.128. The van der Waals surface area contributed by atoms with Crippen LogP contribution in [0.1, 0.15) is 20.8 Å². The van der Waals surface area contributed by atoms with Crippen LogP contribution < -0.4 is 10.6 Å². The molecule has 1 atom stereocenters. The van der Waals surface area contributed by atoms with Crippen LogP contribution in [0, 0.1) is 5.92 Å². The van der Waals surface area contributed by atoms with E-state index in [2.05, 4.69) is 15.6 Å². The van der Waals surface area contributed by atoms with Gasteiger partial charge in [-0.1, -0.05) is 25.6 Å². The maximum atomic E-state index is 11.9. The minimum Gasteiger partial charge on any atom is -0.344 e. The van der Waals surface area contributed by atoms with Crippen molar-refractivity contribution in [2.75, 3.05) is 12.3 Å². The number of hydrogen-bond acceptors (Lipinski definition) is 4. The molecule has 0 saturated carbocycles. The Morgan fingerprint density at radius 1 is 1.44 bits per heavy atom. The Morgan fingerprint density at radius 3 is 2.56 bits per heavy atom. The number of amidine groups is 1. The molecule has 0 spiro atoms. The molecular formula is C10H17N3O2S. The van der Waals surface area contributed by atoms with Crippen LogP contribution in [-0.2, 0) is 9.59 Å². The maximum Gasteiger partial charge on any atom is 0.248 e. The Kier molecular flexibility index (Phi) is 4.79. The summed E-state index contributed by atoms with van der Waals surface area (Å²) in [6, 6.07) is -0.499. The third-order valence-electron chi connectivity index (χ3n) is 2.12. The van der Waals surface area contributed by atoms with E-state index < -0.39 is 6.04 Å². The number of nitrogens with zero attached hydrogens (tertiary/aromatic N) is 1. The van der Waals surface area contributed by atoms with Gasteiger partial charge in [0, 0.05) is 12.7 Å². The largest absolute Gasteiger partial charge is 0.344 e. The summed E-state index contributed by atoms with van der Waals surface area (Å²) in [5.74, 6) is 0.561. The molecule has 2 amide bonds. The number of amides is 2. The monoisotopic (exact) mass is 243 g/mol. The van der Waals surface area contributed by atoms with Gasteiger partial charge in [0.25, 0.3) is 0 Å². The topological polar surface area (TPSA) is 70.6 Å². The normalized spacial score (nSPS) is 16.9. The number of nitrogens with one attached hydrogen (secondary N) is 2. The lowest BCUT2D eigenvalue weighted by Gasteiger charge is -2.20. The predicted molar refractivity (Wildman–Crippen MR) is 65.3 cm³/mol. The van der Waals surface area contributed by atoms with E-state index in [4.69, 9.17) is 0 Å². The van der Waals surface area contributed by atoms with Crippen molar-refractivity contribution in [3.63, 3.8) is 0 Å². The van der Waals surface area contributed by atoms with Crippen LogP contribution in [-0.4, -0.2) is 35.3 Å². The summed E-state index contributed by atoms with van der Waals surface area (Å²) in [7, 11) is 0. The van der Waals surface area contributed by atoms with Crippen LogP contribution in [0.4, 0.5) is 0 Å². The molecule has 0 fully saturated rings. The van der Waals surface area contributed by atoms with E-state index in [1.807, 2.05) is 13.8 Å². The standard InChI is InChI=1S/C10H17N3O2S/c1-6(2)8(12-7(3)14)9(15)13-10-11-4-5-16-10/h6,8H,4-5H2,1-3H3,(H,12,14)(H,11,13,15)/t8-/m0/s1. The van der Waals surface area contributed by atoms with Gasteiger partial charge in [-0.25, -0.2) is 0 Å². The molecule has 1 aliphatic rings. The van der Waals surface area contributed by atoms with E-state index in [-0.39, 0.29) is 17.7 Å². The van der Waals surface area contributed by atoms with Crippen molar-refractivity contribution in [2.45, 2.75) is 26.8 Å². The summed E-state index contributed by atoms with van der Waals surface area (Å²) in [6.45, 7) is 5.94. The highest BCUT2D eigenvalue weighted by atomic mass is 32.2. The molecule has 1 rings (SSSR count). The summed E-state index contributed by atoms with van der Waals surface area (Å²) in [5.41, 5.74) is 0. The van der Waals surface area contributed by atoms with E-state index in [1.54, 1.807) is 0 Å². The summed E-state index contributed by atoms with van der Waals surface area (Å²) < 4.78 is 0. The molecule has 5 nitrogen and oxygen atoms in total. The van der Waals surface area contributed by atoms with E-state index in [0.717, 1.165) is 12.3 Å². The molecule has 0 aromatic heterocycles. The van der Waals surface area contributed by atoms with Gasteiger partial charge in [-0.15, -0.1) is 0 Å². The molecule has 0 radical (unpaired) electrons. The highest BCUT2D eigenvalue weighted by Gasteiger charge is 2.24. The first kappa shape index (κ1) is 13.0. The van der Waals surface area contributed by atoms with Crippen molar-refractivity contribution in [1.82, 2.24) is 10.6 Å². The van der Waals surface area contributed by atoms with Gasteiger partial charge in [-0.05, 0) is 5.92 Å². The molecule has 0 aromatic carbocycles. The van der Waals surface area contributed by atoms with E-state index in [1.165, 1.54) is 18.7 Å². The van der Waals surface area contributed by atoms with Crippen LogP contribution in [0.2, 0.25) is 0 Å². The van der Waals surface area contributed by atoms with E-state index in [0.29, 0.717) is 5.17 Å². The van der Waals surface area contributed by atoms with Crippen molar-refractivity contribution in [3.05, 3.63) is 0 Å². The Labute approximate surface area is 99.5 Å². The van der Waals surface area contributed by atoms with E-state index >= 15 is 0 Å². The first-order valence-electron chi connectivity index (χ1n) is 5.26. The zero-order chi connectivity index (χ0) is 12.1. The first-order valence-corrected chi connectivity index (χ1v) is 6.24. The Bertz CT molecular complexity index is 315. The van der Waals surface area contributed by atoms with Crippen molar-refractivity contribution in [3.8, 4) is 0 Å². The number of hydrogen-bond donors (Lipinski definition) is 2. The first-order chi connectivity index (χ1) is 7.50. The number of thioether (sulfide) groups is 1. The average Bonchev–Trinajstić information content (AvgIpc) is 2.65. The summed E-state index contributed by atoms with van der Waals surface area (Å²) in [4.78, 5) is 27.0. The summed E-state index contributed by atoms with van der Waals surface area (Å²) >= 11 is 1.52. The number of rotatable bonds is 3. The lowest BCUT2D eigenvalue weighted by Crippen LogP contribution is -2.50. The fourth-order valence-electron chi connectivity index (χ4n) is 1.35. The van der Waals surface area contributed by atoms with Crippen molar-refractivity contribution < 1.29 is 9.59 Å². The number of carbonyl (C=O) groups is 2. The molecule has 1 heterocycles. The zero-order valence-electron chi connectivity index (χ0n) is 9.74. The second kappa shape index (κ2) is 5.89. The quantitative estimate of drug-likeness (QED) is 0.752. The van der Waals surface area contributed by atoms with Gasteiger partial charge in [0.15, 0.2) is 5.17 Å². The van der Waals surface area contributed by atoms with E-state index in [9.17, 15) is 9.59 Å². The molecule has 2 N–H and O–H groups in total. The van der Waals surface area contributed by atoms with Gasteiger partial charge < -0.3 is 10.6 Å². The van der Waals surface area contributed by atoms with Gasteiger partial charge in [-0.3, -0.25) is 14.6 Å². The smallest absolute Gasteiger partial charge is 0.248 e. The third-order valence-corrected chi connectivity index (χ3v) is 3.01. The van der Waals surface area contributed by atoms with Gasteiger partial charge in [0.1, 0.15) is 6.04 Å². The molecule has 90 valence electrons. The Hall–Kier alpha value is -1.04. The lowest BCUT2D eigenvalue weighted by atomic mass is 10.0. The summed E-state index contributed by atoms with van der Waals surface area (Å²) in [6.07, 6.45) is 0. The number of aliphatic imine (C=N–C) groups is 1. The van der Waals surface area contributed by atoms with Crippen LogP contribution >= 0.6 is 11.8 Å². The molecule has 0 saturated heterocycles. The molecule has 6 heteroatoms. The van der Waals surface area contributed by atoms with Crippen LogP contribution in [0.15, 0.2) is 4.99 Å². The number of carbonyl (C=O) groups excluding carboxylic acids is 2. The molecule has 1 aliphatic heterocycles. The van der Waals surface area contributed by atoms with Crippen LogP contribution in [0.3, 0.4) is 0 Å². The van der Waals surface area contributed by atoms with Gasteiger partial charge in [-0.2, -0.15) is 0 Å². The molecule has 0 aliphatic carbocycles. The summed E-state index contributed by atoms with van der Waals surface area (Å²) in [5, 5.41) is 6.02. The van der Waals surface area contributed by atoms with Crippen LogP contribution in [0.25, 0.3) is 0 Å². The third kappa shape index (κ3) is 3.84.